The molecule has 112 valence electrons. The Kier molecular flexibility index (Phi) is 3.96. The van der Waals surface area contributed by atoms with Gasteiger partial charge in [-0.2, -0.15) is 0 Å². The van der Waals surface area contributed by atoms with Crippen LogP contribution in [0.3, 0.4) is 0 Å². The first kappa shape index (κ1) is 14.4. The predicted molar refractivity (Wildman–Crippen MR) is 92.0 cm³/mol. The number of aryl methyl sites for hydroxylation is 3. The van der Waals surface area contributed by atoms with E-state index >= 15 is 0 Å². The average molecular weight is 291 g/mol. The van der Waals surface area contributed by atoms with Crippen molar-refractivity contribution >= 4 is 5.82 Å². The van der Waals surface area contributed by atoms with E-state index in [0.717, 1.165) is 23.8 Å². The van der Waals surface area contributed by atoms with Crippen molar-refractivity contribution in [1.82, 2.24) is 9.97 Å². The van der Waals surface area contributed by atoms with Crippen LogP contribution in [0.2, 0.25) is 0 Å². The number of hydrogen-bond acceptors (Lipinski definition) is 2. The maximum Gasteiger partial charge on any atom is 0.138 e. The molecule has 0 radical (unpaired) electrons. The van der Waals surface area contributed by atoms with Crippen LogP contribution < -0.4 is 5.32 Å². The molecule has 0 atom stereocenters. The third-order valence-electron chi connectivity index (χ3n) is 4.00. The molecule has 3 aromatic rings. The van der Waals surface area contributed by atoms with E-state index in [4.69, 9.17) is 0 Å². The van der Waals surface area contributed by atoms with Gasteiger partial charge < -0.3 is 10.3 Å². The normalized spacial score (nSPS) is 10.7. The molecule has 3 nitrogen and oxygen atoms in total. The topological polar surface area (TPSA) is 40.7 Å². The van der Waals surface area contributed by atoms with Crippen molar-refractivity contribution in [3.8, 4) is 11.4 Å². The minimum atomic E-state index is 0.800. The largest absolute Gasteiger partial charge is 0.366 e. The molecule has 0 unspecified atom stereocenters. The molecule has 2 N–H and O–H groups in total. The van der Waals surface area contributed by atoms with E-state index < -0.39 is 0 Å². The van der Waals surface area contributed by atoms with Gasteiger partial charge in [-0.3, -0.25) is 0 Å². The molecule has 0 bridgehead atoms. The summed E-state index contributed by atoms with van der Waals surface area (Å²) in [6.07, 6.45) is 1.85. The van der Waals surface area contributed by atoms with Gasteiger partial charge in [-0.1, -0.05) is 48.0 Å². The molecule has 3 heteroatoms. The molecule has 0 aliphatic rings. The van der Waals surface area contributed by atoms with E-state index in [0.29, 0.717) is 0 Å². The molecular formula is C19H21N3. The zero-order chi connectivity index (χ0) is 15.5. The van der Waals surface area contributed by atoms with Gasteiger partial charge >= 0.3 is 0 Å². The molecule has 0 saturated carbocycles. The molecule has 0 amide bonds. The zero-order valence-electron chi connectivity index (χ0n) is 13.3. The fraction of sp³-hybridized carbons (Fsp3) is 0.211. The maximum absolute atomic E-state index is 4.46. The number of aromatic nitrogens is 2. The van der Waals surface area contributed by atoms with Crippen molar-refractivity contribution in [2.45, 2.75) is 27.3 Å². The summed E-state index contributed by atoms with van der Waals surface area (Å²) >= 11 is 0. The van der Waals surface area contributed by atoms with Crippen LogP contribution in [0, 0.1) is 20.8 Å². The van der Waals surface area contributed by atoms with Gasteiger partial charge in [-0.25, -0.2) is 4.98 Å². The molecule has 1 aromatic heterocycles. The Hall–Kier alpha value is -2.55. The van der Waals surface area contributed by atoms with E-state index in [2.05, 4.69) is 78.5 Å². The number of rotatable bonds is 4. The second kappa shape index (κ2) is 6.06. The number of aromatic amines is 1. The summed E-state index contributed by atoms with van der Waals surface area (Å²) in [6, 6.07) is 14.8. The van der Waals surface area contributed by atoms with Crippen LogP contribution in [0.5, 0.6) is 0 Å². The van der Waals surface area contributed by atoms with Gasteiger partial charge in [0, 0.05) is 12.1 Å². The van der Waals surface area contributed by atoms with Gasteiger partial charge in [-0.05, 0) is 37.5 Å². The molecule has 0 spiro atoms. The lowest BCUT2D eigenvalue weighted by molar-refractivity contribution is 1.07. The summed E-state index contributed by atoms with van der Waals surface area (Å²) < 4.78 is 0. The van der Waals surface area contributed by atoms with Crippen molar-refractivity contribution in [3.63, 3.8) is 0 Å². The molecule has 0 aliphatic carbocycles. The maximum atomic E-state index is 4.46. The predicted octanol–water partition coefficient (Wildman–Crippen LogP) is 4.61. The summed E-state index contributed by atoms with van der Waals surface area (Å²) in [5, 5.41) is 3.43. The summed E-state index contributed by atoms with van der Waals surface area (Å²) in [5.41, 5.74) is 6.32. The van der Waals surface area contributed by atoms with Gasteiger partial charge in [-0.15, -0.1) is 0 Å². The summed E-state index contributed by atoms with van der Waals surface area (Å²) in [4.78, 5) is 7.79. The first-order valence-corrected chi connectivity index (χ1v) is 7.54. The van der Waals surface area contributed by atoms with E-state index in [9.17, 15) is 0 Å². The number of anilines is 1. The number of H-pyrrole nitrogens is 1. The fourth-order valence-electron chi connectivity index (χ4n) is 2.58. The minimum Gasteiger partial charge on any atom is -0.366 e. The number of nitrogens with one attached hydrogen (secondary N) is 2. The Morgan fingerprint density at radius 3 is 2.32 bits per heavy atom. The van der Waals surface area contributed by atoms with Crippen molar-refractivity contribution in [1.29, 1.82) is 0 Å². The zero-order valence-corrected chi connectivity index (χ0v) is 13.3. The fourth-order valence-corrected chi connectivity index (χ4v) is 2.58. The van der Waals surface area contributed by atoms with Gasteiger partial charge in [0.2, 0.25) is 0 Å². The van der Waals surface area contributed by atoms with Gasteiger partial charge in [0.25, 0.3) is 0 Å². The molecule has 0 aliphatic heterocycles. The Balaban J connectivity index is 1.73. The Bertz CT molecular complexity index is 749. The number of benzene rings is 2. The number of nitrogens with zero attached hydrogens (tertiary/aromatic N) is 1. The van der Waals surface area contributed by atoms with Crippen LogP contribution in [0.4, 0.5) is 5.82 Å². The highest BCUT2D eigenvalue weighted by molar-refractivity contribution is 5.58. The lowest BCUT2D eigenvalue weighted by Gasteiger charge is -2.10. The van der Waals surface area contributed by atoms with E-state index in [1.165, 1.54) is 22.3 Å². The minimum absolute atomic E-state index is 0.800. The molecular weight excluding hydrogens is 270 g/mol. The summed E-state index contributed by atoms with van der Waals surface area (Å²) in [6.45, 7) is 7.18. The lowest BCUT2D eigenvalue weighted by Crippen LogP contribution is -2.03. The Morgan fingerprint density at radius 2 is 1.64 bits per heavy atom. The molecule has 0 fully saturated rings. The van der Waals surface area contributed by atoms with Crippen molar-refractivity contribution in [3.05, 3.63) is 70.9 Å². The van der Waals surface area contributed by atoms with Crippen molar-refractivity contribution in [2.75, 3.05) is 5.32 Å². The van der Waals surface area contributed by atoms with Crippen LogP contribution in [0.25, 0.3) is 11.4 Å². The second-order valence-electron chi connectivity index (χ2n) is 5.74. The van der Waals surface area contributed by atoms with Crippen molar-refractivity contribution in [2.24, 2.45) is 0 Å². The monoisotopic (exact) mass is 291 g/mol. The first-order valence-electron chi connectivity index (χ1n) is 7.54. The average Bonchev–Trinajstić information content (AvgIpc) is 2.96. The highest BCUT2D eigenvalue weighted by Gasteiger charge is 2.05. The number of imidazole rings is 1. The molecule has 0 saturated heterocycles. The van der Waals surface area contributed by atoms with Gasteiger partial charge in [0.05, 0.1) is 6.20 Å². The quantitative estimate of drug-likeness (QED) is 0.736. The smallest absolute Gasteiger partial charge is 0.138 e. The highest BCUT2D eigenvalue weighted by Crippen LogP contribution is 2.19. The summed E-state index contributed by atoms with van der Waals surface area (Å²) in [5.74, 6) is 1.84. The summed E-state index contributed by atoms with van der Waals surface area (Å²) in [7, 11) is 0. The third kappa shape index (κ3) is 3.03. The van der Waals surface area contributed by atoms with Crippen LogP contribution in [0.1, 0.15) is 22.3 Å². The van der Waals surface area contributed by atoms with Crippen LogP contribution in [-0.4, -0.2) is 9.97 Å². The third-order valence-corrected chi connectivity index (χ3v) is 4.00. The standard InChI is InChI=1S/C19H21N3/c1-13-7-9-16(10-8-13)19-21-12-18(22-19)20-11-17-14(2)5-4-6-15(17)3/h4-10,12,20H,11H2,1-3H3,(H,21,22). The van der Waals surface area contributed by atoms with Crippen LogP contribution >= 0.6 is 0 Å². The Labute approximate surface area is 131 Å². The van der Waals surface area contributed by atoms with Crippen LogP contribution in [0.15, 0.2) is 48.7 Å². The molecule has 1 heterocycles. The number of hydrogen-bond donors (Lipinski definition) is 2. The lowest BCUT2D eigenvalue weighted by atomic mass is 10.0. The SMILES string of the molecule is Cc1ccc(-c2ncc(NCc3c(C)cccc3C)[nH]2)cc1. The van der Waals surface area contributed by atoms with Gasteiger partial charge in [0.1, 0.15) is 11.6 Å². The van der Waals surface area contributed by atoms with E-state index in [1.807, 2.05) is 6.20 Å². The Morgan fingerprint density at radius 1 is 0.955 bits per heavy atom. The van der Waals surface area contributed by atoms with E-state index in [1.54, 1.807) is 0 Å². The van der Waals surface area contributed by atoms with Crippen molar-refractivity contribution < 1.29 is 0 Å². The molecule has 2 aromatic carbocycles. The first-order chi connectivity index (χ1) is 10.6. The molecule has 3 rings (SSSR count). The highest BCUT2D eigenvalue weighted by atomic mass is 15.1. The van der Waals surface area contributed by atoms with Crippen LogP contribution in [-0.2, 0) is 6.54 Å². The second-order valence-corrected chi connectivity index (χ2v) is 5.74. The molecule has 22 heavy (non-hydrogen) atoms. The van der Waals surface area contributed by atoms with E-state index in [-0.39, 0.29) is 0 Å². The van der Waals surface area contributed by atoms with Gasteiger partial charge in [0.15, 0.2) is 0 Å².